The quantitative estimate of drug-likeness (QED) is 0.776. The summed E-state index contributed by atoms with van der Waals surface area (Å²) >= 11 is 0. The number of rotatable bonds is 4. The fraction of sp³-hybridized carbons (Fsp3) is 0.571. The Kier molecular flexibility index (Phi) is 3.22. The maximum Gasteiger partial charge on any atom is 0.204 e. The van der Waals surface area contributed by atoms with Crippen molar-refractivity contribution in [1.29, 1.82) is 0 Å². The van der Waals surface area contributed by atoms with Gasteiger partial charge in [0.2, 0.25) is 5.82 Å². The van der Waals surface area contributed by atoms with Gasteiger partial charge in [0.25, 0.3) is 0 Å². The molecule has 0 unspecified atom stereocenters. The lowest BCUT2D eigenvalue weighted by atomic mass is 9.45. The lowest BCUT2D eigenvalue weighted by Crippen LogP contribution is -2.57. The molecule has 0 spiro atoms. The molecule has 130 valence electrons. The van der Waals surface area contributed by atoms with Gasteiger partial charge in [0.05, 0.1) is 0 Å². The first kappa shape index (κ1) is 15.3. The number of allylic oxidation sites excluding steroid dienone is 1. The van der Waals surface area contributed by atoms with Crippen LogP contribution in [-0.4, -0.2) is 20.2 Å². The van der Waals surface area contributed by atoms with Crippen LogP contribution in [0.1, 0.15) is 45.4 Å². The fourth-order valence-electron chi connectivity index (χ4n) is 6.35. The van der Waals surface area contributed by atoms with Crippen molar-refractivity contribution in [2.24, 2.45) is 23.2 Å². The molecule has 2 aromatic rings. The highest BCUT2D eigenvalue weighted by Gasteiger charge is 2.59. The van der Waals surface area contributed by atoms with E-state index in [9.17, 15) is 0 Å². The summed E-state index contributed by atoms with van der Waals surface area (Å²) in [6.07, 6.45) is 10.3. The van der Waals surface area contributed by atoms with Gasteiger partial charge in [-0.3, -0.25) is 0 Å². The maximum absolute atomic E-state index is 4.80. The number of hydrogen-bond donors (Lipinski definition) is 0. The first-order chi connectivity index (χ1) is 12.1. The third-order valence-electron chi connectivity index (χ3n) is 7.37. The number of nitrogens with zero attached hydrogens (tertiary/aromatic N) is 4. The van der Waals surface area contributed by atoms with Gasteiger partial charge >= 0.3 is 0 Å². The van der Waals surface area contributed by atoms with Gasteiger partial charge in [-0.25, -0.2) is 0 Å². The van der Waals surface area contributed by atoms with E-state index in [2.05, 4.69) is 29.9 Å². The van der Waals surface area contributed by atoms with Crippen molar-refractivity contribution in [1.82, 2.24) is 20.2 Å². The number of benzene rings is 1. The molecule has 1 atom stereocenters. The zero-order valence-corrected chi connectivity index (χ0v) is 14.9. The zero-order chi connectivity index (χ0) is 17.1. The van der Waals surface area contributed by atoms with Crippen molar-refractivity contribution in [3.63, 3.8) is 0 Å². The summed E-state index contributed by atoms with van der Waals surface area (Å²) in [4.78, 5) is 1.87. The van der Waals surface area contributed by atoms with E-state index in [-0.39, 0.29) is 11.0 Å². The van der Waals surface area contributed by atoms with E-state index in [4.69, 9.17) is 5.10 Å². The van der Waals surface area contributed by atoms with Crippen molar-refractivity contribution < 1.29 is 0 Å². The average Bonchev–Trinajstić information content (AvgIpc) is 3.11. The number of tetrazole rings is 1. The second kappa shape index (κ2) is 5.26. The van der Waals surface area contributed by atoms with Crippen molar-refractivity contribution in [3.8, 4) is 11.4 Å². The van der Waals surface area contributed by atoms with E-state index < -0.39 is 0 Å². The Hall–Kier alpha value is -1.97. The minimum atomic E-state index is -0.261. The number of aromatic nitrogens is 4. The van der Waals surface area contributed by atoms with Crippen LogP contribution in [0.15, 0.2) is 43.0 Å². The standard InChI is InChI=1S/C21H26N4/c1-3-20(2,21-12-15-9-16(13-21)11-17(10-15)14-21)25-23-19(22-24-25)18-7-5-4-6-8-18/h3-8,15-17H,1,9-14H2,2H3/t15?,16?,17?,20-,21?/m0/s1. The molecular weight excluding hydrogens is 308 g/mol. The highest BCUT2D eigenvalue weighted by molar-refractivity contribution is 5.53. The molecular formula is C21H26N4. The van der Waals surface area contributed by atoms with Crippen molar-refractivity contribution in [2.45, 2.75) is 51.0 Å². The highest BCUT2D eigenvalue weighted by Crippen LogP contribution is 2.65. The van der Waals surface area contributed by atoms with E-state index in [1.54, 1.807) is 0 Å². The van der Waals surface area contributed by atoms with Crippen LogP contribution >= 0.6 is 0 Å². The van der Waals surface area contributed by atoms with Gasteiger partial charge in [0.1, 0.15) is 5.54 Å². The predicted octanol–water partition coefficient (Wildman–Crippen LogP) is 4.46. The summed E-state index contributed by atoms with van der Waals surface area (Å²) in [7, 11) is 0. The average molecular weight is 334 g/mol. The molecule has 1 heterocycles. The molecule has 0 amide bonds. The molecule has 25 heavy (non-hydrogen) atoms. The summed E-state index contributed by atoms with van der Waals surface area (Å²) in [5.74, 6) is 3.38. The molecule has 0 saturated heterocycles. The SMILES string of the molecule is C=C[C@](C)(n1nnc(-c2ccccc2)n1)C12CC3CC(CC(C3)C1)C2. The van der Waals surface area contributed by atoms with Crippen LogP contribution in [0.25, 0.3) is 11.4 Å². The zero-order valence-electron chi connectivity index (χ0n) is 14.9. The second-order valence-corrected chi connectivity index (χ2v) is 8.82. The Bertz CT molecular complexity index is 758. The molecule has 4 bridgehead atoms. The highest BCUT2D eigenvalue weighted by atomic mass is 15.6. The van der Waals surface area contributed by atoms with Crippen LogP contribution in [0.4, 0.5) is 0 Å². The largest absolute Gasteiger partial charge is 0.204 e. The molecule has 4 aliphatic rings. The minimum Gasteiger partial charge on any atom is -0.153 e. The van der Waals surface area contributed by atoms with Gasteiger partial charge in [0, 0.05) is 11.0 Å². The first-order valence-corrected chi connectivity index (χ1v) is 9.61. The lowest BCUT2D eigenvalue weighted by molar-refractivity contribution is -0.110. The molecule has 4 fully saturated rings. The summed E-state index contributed by atoms with van der Waals surface area (Å²) in [5.41, 5.74) is 1.01. The van der Waals surface area contributed by atoms with Gasteiger partial charge in [-0.2, -0.15) is 4.80 Å². The van der Waals surface area contributed by atoms with Crippen LogP contribution in [0.2, 0.25) is 0 Å². The Morgan fingerprint density at radius 3 is 2.24 bits per heavy atom. The van der Waals surface area contributed by atoms with Gasteiger partial charge < -0.3 is 0 Å². The van der Waals surface area contributed by atoms with Crippen molar-refractivity contribution >= 4 is 0 Å². The molecule has 4 nitrogen and oxygen atoms in total. The third kappa shape index (κ3) is 2.16. The molecule has 0 radical (unpaired) electrons. The van der Waals surface area contributed by atoms with Gasteiger partial charge in [-0.15, -0.1) is 16.8 Å². The van der Waals surface area contributed by atoms with Gasteiger partial charge in [0.15, 0.2) is 0 Å². The monoisotopic (exact) mass is 334 g/mol. The van der Waals surface area contributed by atoms with Crippen LogP contribution in [0, 0.1) is 23.2 Å². The molecule has 1 aromatic carbocycles. The summed E-state index contributed by atoms with van der Waals surface area (Å²) < 4.78 is 0. The van der Waals surface area contributed by atoms with Crippen molar-refractivity contribution in [3.05, 3.63) is 43.0 Å². The first-order valence-electron chi connectivity index (χ1n) is 9.61. The topological polar surface area (TPSA) is 43.6 Å². The molecule has 0 aliphatic heterocycles. The minimum absolute atomic E-state index is 0.248. The lowest BCUT2D eigenvalue weighted by Gasteiger charge is -2.61. The molecule has 4 saturated carbocycles. The van der Waals surface area contributed by atoms with Crippen LogP contribution < -0.4 is 0 Å². The maximum atomic E-state index is 4.80. The Morgan fingerprint density at radius 1 is 1.08 bits per heavy atom. The number of hydrogen-bond acceptors (Lipinski definition) is 3. The van der Waals surface area contributed by atoms with E-state index in [1.165, 1.54) is 38.5 Å². The van der Waals surface area contributed by atoms with E-state index in [0.29, 0.717) is 5.82 Å². The molecule has 4 aliphatic carbocycles. The molecule has 0 N–H and O–H groups in total. The molecule has 1 aromatic heterocycles. The van der Waals surface area contributed by atoms with Crippen molar-refractivity contribution in [2.75, 3.05) is 0 Å². The van der Waals surface area contributed by atoms with Gasteiger partial charge in [-0.1, -0.05) is 36.4 Å². The Labute approximate surface area is 149 Å². The molecule has 4 heteroatoms. The normalized spacial score (nSPS) is 35.5. The van der Waals surface area contributed by atoms with E-state index >= 15 is 0 Å². The van der Waals surface area contributed by atoms with E-state index in [1.807, 2.05) is 35.1 Å². The summed E-state index contributed by atoms with van der Waals surface area (Å²) in [6, 6.07) is 10.1. The fourth-order valence-corrected chi connectivity index (χ4v) is 6.35. The Morgan fingerprint density at radius 2 is 1.68 bits per heavy atom. The van der Waals surface area contributed by atoms with Crippen LogP contribution in [0.5, 0.6) is 0 Å². The smallest absolute Gasteiger partial charge is 0.153 e. The van der Waals surface area contributed by atoms with E-state index in [0.717, 1.165) is 23.3 Å². The summed E-state index contributed by atoms with van der Waals surface area (Å²) in [5, 5.41) is 13.7. The second-order valence-electron chi connectivity index (χ2n) is 8.82. The van der Waals surface area contributed by atoms with Crippen LogP contribution in [-0.2, 0) is 5.54 Å². The summed E-state index contributed by atoms with van der Waals surface area (Å²) in [6.45, 7) is 6.50. The molecule has 6 rings (SSSR count). The van der Waals surface area contributed by atoms with Gasteiger partial charge in [-0.05, 0) is 68.4 Å². The predicted molar refractivity (Wildman–Crippen MR) is 97.7 cm³/mol. The third-order valence-corrected chi connectivity index (χ3v) is 7.37. The van der Waals surface area contributed by atoms with Crippen LogP contribution in [0.3, 0.4) is 0 Å². The Balaban J connectivity index is 1.55.